The molecule has 0 saturated carbocycles. The molecular weight excluding hydrogens is 404 g/mol. The fraction of sp³-hybridized carbons (Fsp3) is 0.316. The van der Waals surface area contributed by atoms with Crippen LogP contribution in [0.1, 0.15) is 35.3 Å². The van der Waals surface area contributed by atoms with Gasteiger partial charge in [-0.2, -0.15) is 0 Å². The molecule has 0 fully saturated rings. The second kappa shape index (κ2) is 8.38. The van der Waals surface area contributed by atoms with Crippen molar-refractivity contribution in [2.75, 3.05) is 6.79 Å². The second-order valence-electron chi connectivity index (χ2n) is 6.67. The van der Waals surface area contributed by atoms with Crippen LogP contribution in [0.3, 0.4) is 0 Å². The van der Waals surface area contributed by atoms with Gasteiger partial charge < -0.3 is 14.8 Å². The third kappa shape index (κ3) is 4.95. The summed E-state index contributed by atoms with van der Waals surface area (Å²) < 4.78 is 37.5. The zero-order valence-corrected chi connectivity index (χ0v) is 17.1. The van der Waals surface area contributed by atoms with Gasteiger partial charge in [0.15, 0.2) is 11.5 Å². The van der Waals surface area contributed by atoms with Crippen molar-refractivity contribution in [3.63, 3.8) is 0 Å². The summed E-state index contributed by atoms with van der Waals surface area (Å²) in [5, 5.41) is 3.09. The summed E-state index contributed by atoms with van der Waals surface area (Å²) in [6, 6.07) is 9.96. The SMILES string of the molecule is CC(C)NS(=O)(=O)Cc1ccccc1CNC(=O)c1cc(Cl)c2c(c1)OCO2. The quantitative estimate of drug-likeness (QED) is 0.712. The van der Waals surface area contributed by atoms with Crippen LogP contribution < -0.4 is 19.5 Å². The third-order valence-corrected chi connectivity index (χ3v) is 5.81. The molecule has 1 aliphatic rings. The zero-order valence-electron chi connectivity index (χ0n) is 15.5. The van der Waals surface area contributed by atoms with Gasteiger partial charge in [-0.3, -0.25) is 4.79 Å². The normalized spacial score (nSPS) is 13.0. The summed E-state index contributed by atoms with van der Waals surface area (Å²) in [5.74, 6) is 0.334. The van der Waals surface area contributed by atoms with E-state index in [9.17, 15) is 13.2 Å². The smallest absolute Gasteiger partial charge is 0.251 e. The molecule has 0 atom stereocenters. The van der Waals surface area contributed by atoms with E-state index in [1.54, 1.807) is 44.2 Å². The van der Waals surface area contributed by atoms with Crippen molar-refractivity contribution in [2.24, 2.45) is 0 Å². The highest BCUT2D eigenvalue weighted by Crippen LogP contribution is 2.39. The Bertz CT molecular complexity index is 992. The predicted octanol–water partition coefficient (Wildman–Crippen LogP) is 2.83. The van der Waals surface area contributed by atoms with Crippen molar-refractivity contribution in [2.45, 2.75) is 32.2 Å². The average molecular weight is 425 g/mol. The van der Waals surface area contributed by atoms with Crippen LogP contribution in [0.15, 0.2) is 36.4 Å². The molecule has 0 saturated heterocycles. The van der Waals surface area contributed by atoms with Crippen LogP contribution >= 0.6 is 11.6 Å². The summed E-state index contributed by atoms with van der Waals surface area (Å²) in [4.78, 5) is 12.5. The topological polar surface area (TPSA) is 93.7 Å². The Hall–Kier alpha value is -2.29. The van der Waals surface area contributed by atoms with Crippen molar-refractivity contribution >= 4 is 27.5 Å². The highest BCUT2D eigenvalue weighted by Gasteiger charge is 2.21. The minimum absolute atomic E-state index is 0.0619. The Labute approximate surface area is 169 Å². The molecule has 150 valence electrons. The van der Waals surface area contributed by atoms with Crippen molar-refractivity contribution in [3.8, 4) is 11.5 Å². The first-order valence-corrected chi connectivity index (χ1v) is 10.7. The molecule has 0 unspecified atom stereocenters. The highest BCUT2D eigenvalue weighted by molar-refractivity contribution is 7.88. The first-order valence-electron chi connectivity index (χ1n) is 8.69. The molecule has 0 spiro atoms. The van der Waals surface area contributed by atoms with Gasteiger partial charge in [-0.1, -0.05) is 35.9 Å². The maximum atomic E-state index is 12.5. The van der Waals surface area contributed by atoms with E-state index in [0.29, 0.717) is 27.6 Å². The van der Waals surface area contributed by atoms with E-state index >= 15 is 0 Å². The molecule has 3 rings (SSSR count). The molecule has 28 heavy (non-hydrogen) atoms. The van der Waals surface area contributed by atoms with Crippen LogP contribution in [0, 0.1) is 0 Å². The number of sulfonamides is 1. The van der Waals surface area contributed by atoms with E-state index in [-0.39, 0.29) is 31.0 Å². The summed E-state index contributed by atoms with van der Waals surface area (Å²) >= 11 is 6.12. The minimum atomic E-state index is -3.47. The molecule has 0 aromatic heterocycles. The summed E-state index contributed by atoms with van der Waals surface area (Å²) in [5.41, 5.74) is 1.68. The molecule has 2 aromatic carbocycles. The van der Waals surface area contributed by atoms with Gasteiger partial charge in [0.05, 0.1) is 10.8 Å². The van der Waals surface area contributed by atoms with Gasteiger partial charge >= 0.3 is 0 Å². The minimum Gasteiger partial charge on any atom is -0.454 e. The van der Waals surface area contributed by atoms with Crippen LogP contribution in [0.4, 0.5) is 0 Å². The monoisotopic (exact) mass is 424 g/mol. The van der Waals surface area contributed by atoms with Crippen molar-refractivity contribution in [1.82, 2.24) is 10.0 Å². The van der Waals surface area contributed by atoms with E-state index in [1.807, 2.05) is 0 Å². The number of nitrogens with one attached hydrogen (secondary N) is 2. The number of hydrogen-bond acceptors (Lipinski definition) is 5. The lowest BCUT2D eigenvalue weighted by atomic mass is 10.1. The van der Waals surface area contributed by atoms with Gasteiger partial charge in [0, 0.05) is 18.2 Å². The Kier molecular flexibility index (Phi) is 6.12. The molecule has 1 amide bonds. The number of rotatable bonds is 7. The molecule has 0 radical (unpaired) electrons. The van der Waals surface area contributed by atoms with E-state index in [4.69, 9.17) is 21.1 Å². The summed E-state index contributed by atoms with van der Waals surface area (Å²) in [7, 11) is -3.47. The van der Waals surface area contributed by atoms with Gasteiger partial charge in [0.25, 0.3) is 5.91 Å². The Balaban J connectivity index is 1.72. The van der Waals surface area contributed by atoms with Crippen LogP contribution in [0.2, 0.25) is 5.02 Å². The van der Waals surface area contributed by atoms with Crippen LogP contribution in [0.25, 0.3) is 0 Å². The standard InChI is InChI=1S/C19H21ClN2O5S/c1-12(2)22-28(24,25)10-14-6-4-3-5-13(14)9-21-19(23)15-7-16(20)18-17(8-15)26-11-27-18/h3-8,12,22H,9-11H2,1-2H3,(H,21,23). The molecule has 1 heterocycles. The number of amides is 1. The number of carbonyl (C=O) groups excluding carboxylic acids is 1. The van der Waals surface area contributed by atoms with Gasteiger partial charge in [-0.05, 0) is 37.1 Å². The third-order valence-electron chi connectivity index (χ3n) is 4.01. The molecule has 0 aliphatic carbocycles. The molecule has 7 nitrogen and oxygen atoms in total. The van der Waals surface area contributed by atoms with Gasteiger partial charge in [-0.25, -0.2) is 13.1 Å². The fourth-order valence-corrected chi connectivity index (χ4v) is 4.61. The van der Waals surface area contributed by atoms with Crippen molar-refractivity contribution in [1.29, 1.82) is 0 Å². The summed E-state index contributed by atoms with van der Waals surface area (Å²) in [6.07, 6.45) is 0. The number of benzene rings is 2. The van der Waals surface area contributed by atoms with Crippen LogP contribution in [-0.2, 0) is 22.3 Å². The molecule has 2 aromatic rings. The molecular formula is C19H21ClN2O5S. The number of hydrogen-bond donors (Lipinski definition) is 2. The van der Waals surface area contributed by atoms with Gasteiger partial charge in [0.1, 0.15) is 0 Å². The van der Waals surface area contributed by atoms with E-state index < -0.39 is 10.0 Å². The van der Waals surface area contributed by atoms with Gasteiger partial charge in [-0.15, -0.1) is 0 Å². The second-order valence-corrected chi connectivity index (χ2v) is 8.84. The lowest BCUT2D eigenvalue weighted by Crippen LogP contribution is -2.32. The van der Waals surface area contributed by atoms with E-state index in [0.717, 1.165) is 5.56 Å². The summed E-state index contributed by atoms with van der Waals surface area (Å²) in [6.45, 7) is 3.77. The van der Waals surface area contributed by atoms with E-state index in [1.165, 1.54) is 6.07 Å². The van der Waals surface area contributed by atoms with Crippen LogP contribution in [-0.4, -0.2) is 27.2 Å². The molecule has 2 N–H and O–H groups in total. The van der Waals surface area contributed by atoms with Gasteiger partial charge in [0.2, 0.25) is 16.8 Å². The van der Waals surface area contributed by atoms with Crippen LogP contribution in [0.5, 0.6) is 11.5 Å². The maximum absolute atomic E-state index is 12.5. The first-order chi connectivity index (χ1) is 13.2. The number of carbonyl (C=O) groups is 1. The number of fused-ring (bicyclic) bond motifs is 1. The number of halogens is 1. The largest absolute Gasteiger partial charge is 0.454 e. The van der Waals surface area contributed by atoms with Crippen molar-refractivity contribution < 1.29 is 22.7 Å². The lowest BCUT2D eigenvalue weighted by Gasteiger charge is -2.13. The fourth-order valence-electron chi connectivity index (χ4n) is 2.85. The van der Waals surface area contributed by atoms with Crippen molar-refractivity contribution in [3.05, 3.63) is 58.1 Å². The van der Waals surface area contributed by atoms with E-state index in [2.05, 4.69) is 10.0 Å². The Morgan fingerprint density at radius 3 is 2.61 bits per heavy atom. The molecule has 0 bridgehead atoms. The molecule has 1 aliphatic heterocycles. The highest BCUT2D eigenvalue weighted by atomic mass is 35.5. The zero-order chi connectivity index (χ0) is 20.3. The number of ether oxygens (including phenoxy) is 2. The lowest BCUT2D eigenvalue weighted by molar-refractivity contribution is 0.0950. The average Bonchev–Trinajstić information content (AvgIpc) is 3.08. The molecule has 9 heteroatoms. The Morgan fingerprint density at radius 2 is 1.89 bits per heavy atom. The predicted molar refractivity (Wildman–Crippen MR) is 106 cm³/mol. The Morgan fingerprint density at radius 1 is 1.18 bits per heavy atom. The maximum Gasteiger partial charge on any atom is 0.251 e. The first kappa shape index (κ1) is 20.4.